The molecule has 4 heteroatoms. The second-order valence-corrected chi connectivity index (χ2v) is 3.53. The second kappa shape index (κ2) is 5.18. The molecule has 0 atom stereocenters. The second-order valence-electron chi connectivity index (χ2n) is 3.53. The molecule has 0 bridgehead atoms. The van der Waals surface area contributed by atoms with Crippen LogP contribution in [0.5, 0.6) is 11.5 Å². The van der Waals surface area contributed by atoms with Crippen LogP contribution in [0.1, 0.15) is 18.3 Å². The van der Waals surface area contributed by atoms with Gasteiger partial charge in [0, 0.05) is 0 Å². The van der Waals surface area contributed by atoms with Crippen molar-refractivity contribution in [1.82, 2.24) is 0 Å². The molecule has 0 spiro atoms. The van der Waals surface area contributed by atoms with E-state index in [0.29, 0.717) is 13.2 Å². The zero-order valence-electron chi connectivity index (χ0n) is 9.56. The van der Waals surface area contributed by atoms with Crippen LogP contribution in [0.4, 0.5) is 0 Å². The van der Waals surface area contributed by atoms with Crippen molar-refractivity contribution in [2.45, 2.75) is 12.7 Å². The minimum Gasteiger partial charge on any atom is -0.497 e. The smallest absolute Gasteiger partial charge is 0.187 e. The van der Waals surface area contributed by atoms with Crippen LogP contribution in [0.25, 0.3) is 0 Å². The van der Waals surface area contributed by atoms with Gasteiger partial charge >= 0.3 is 0 Å². The Balaban J connectivity index is 2.27. The molecule has 0 amide bonds. The number of hydrogen-bond acceptors (Lipinski definition) is 4. The Morgan fingerprint density at radius 1 is 1.12 bits per heavy atom. The van der Waals surface area contributed by atoms with Gasteiger partial charge in [-0.05, 0) is 24.6 Å². The van der Waals surface area contributed by atoms with Crippen LogP contribution in [0.15, 0.2) is 18.2 Å². The van der Waals surface area contributed by atoms with Crippen molar-refractivity contribution in [2.24, 2.45) is 0 Å². The summed E-state index contributed by atoms with van der Waals surface area (Å²) in [5, 5.41) is 0. The zero-order valence-corrected chi connectivity index (χ0v) is 9.56. The molecule has 0 unspecified atom stereocenters. The lowest BCUT2D eigenvalue weighted by atomic mass is 10.1. The van der Waals surface area contributed by atoms with Gasteiger partial charge in [0.05, 0.1) is 33.0 Å². The zero-order chi connectivity index (χ0) is 11.4. The fraction of sp³-hybridized carbons (Fsp3) is 0.500. The summed E-state index contributed by atoms with van der Waals surface area (Å²) in [6, 6.07) is 5.59. The molecule has 88 valence electrons. The minimum absolute atomic E-state index is 0.348. The van der Waals surface area contributed by atoms with Crippen LogP contribution in [0, 0.1) is 0 Å². The SMILES string of the molecule is COc1ccc(OC)c(C2OCCCO2)c1. The third kappa shape index (κ3) is 2.28. The van der Waals surface area contributed by atoms with Gasteiger partial charge in [-0.1, -0.05) is 0 Å². The van der Waals surface area contributed by atoms with E-state index < -0.39 is 0 Å². The van der Waals surface area contributed by atoms with E-state index in [2.05, 4.69) is 0 Å². The van der Waals surface area contributed by atoms with Crippen molar-refractivity contribution in [3.8, 4) is 11.5 Å². The number of ether oxygens (including phenoxy) is 4. The number of methoxy groups -OCH3 is 2. The van der Waals surface area contributed by atoms with Gasteiger partial charge in [-0.25, -0.2) is 0 Å². The van der Waals surface area contributed by atoms with Gasteiger partial charge in [-0.2, -0.15) is 0 Å². The Bertz CT molecular complexity index is 345. The lowest BCUT2D eigenvalue weighted by molar-refractivity contribution is -0.183. The number of hydrogen-bond donors (Lipinski definition) is 0. The number of benzene rings is 1. The van der Waals surface area contributed by atoms with Gasteiger partial charge < -0.3 is 18.9 Å². The average molecular weight is 224 g/mol. The summed E-state index contributed by atoms with van der Waals surface area (Å²) < 4.78 is 21.6. The molecule has 0 radical (unpaired) electrons. The van der Waals surface area contributed by atoms with Crippen LogP contribution >= 0.6 is 0 Å². The highest BCUT2D eigenvalue weighted by Crippen LogP contribution is 2.33. The van der Waals surface area contributed by atoms with E-state index in [-0.39, 0.29) is 6.29 Å². The van der Waals surface area contributed by atoms with Gasteiger partial charge in [-0.15, -0.1) is 0 Å². The van der Waals surface area contributed by atoms with Crippen LogP contribution in [0.2, 0.25) is 0 Å². The molecule has 1 fully saturated rings. The Kier molecular flexibility index (Phi) is 3.64. The van der Waals surface area contributed by atoms with Crippen molar-refractivity contribution >= 4 is 0 Å². The summed E-state index contributed by atoms with van der Waals surface area (Å²) >= 11 is 0. The Labute approximate surface area is 95.1 Å². The number of rotatable bonds is 3. The van der Waals surface area contributed by atoms with E-state index in [4.69, 9.17) is 18.9 Å². The molecular formula is C12H16O4. The molecule has 0 aromatic heterocycles. The van der Waals surface area contributed by atoms with Crippen LogP contribution in [-0.4, -0.2) is 27.4 Å². The van der Waals surface area contributed by atoms with Crippen molar-refractivity contribution < 1.29 is 18.9 Å². The van der Waals surface area contributed by atoms with Crippen molar-refractivity contribution in [3.05, 3.63) is 23.8 Å². The molecule has 1 aliphatic rings. The molecule has 16 heavy (non-hydrogen) atoms. The van der Waals surface area contributed by atoms with E-state index in [1.807, 2.05) is 18.2 Å². The molecule has 0 aliphatic carbocycles. The van der Waals surface area contributed by atoms with E-state index >= 15 is 0 Å². The Morgan fingerprint density at radius 3 is 2.50 bits per heavy atom. The molecule has 4 nitrogen and oxygen atoms in total. The minimum atomic E-state index is -0.348. The predicted molar refractivity (Wildman–Crippen MR) is 58.8 cm³/mol. The largest absolute Gasteiger partial charge is 0.497 e. The fourth-order valence-electron chi connectivity index (χ4n) is 1.69. The lowest BCUT2D eigenvalue weighted by Gasteiger charge is -2.25. The van der Waals surface area contributed by atoms with Crippen molar-refractivity contribution in [3.63, 3.8) is 0 Å². The molecule has 1 heterocycles. The first-order valence-corrected chi connectivity index (χ1v) is 5.30. The lowest BCUT2D eigenvalue weighted by Crippen LogP contribution is -2.18. The highest BCUT2D eigenvalue weighted by Gasteiger charge is 2.21. The maximum Gasteiger partial charge on any atom is 0.187 e. The quantitative estimate of drug-likeness (QED) is 0.788. The molecular weight excluding hydrogens is 208 g/mol. The molecule has 1 aromatic carbocycles. The van der Waals surface area contributed by atoms with Crippen LogP contribution in [0.3, 0.4) is 0 Å². The van der Waals surface area contributed by atoms with E-state index in [1.165, 1.54) is 0 Å². The van der Waals surface area contributed by atoms with Crippen LogP contribution < -0.4 is 9.47 Å². The summed E-state index contributed by atoms with van der Waals surface area (Å²) in [4.78, 5) is 0. The maximum absolute atomic E-state index is 5.55. The average Bonchev–Trinajstić information content (AvgIpc) is 2.39. The fourth-order valence-corrected chi connectivity index (χ4v) is 1.69. The van der Waals surface area contributed by atoms with Crippen molar-refractivity contribution in [2.75, 3.05) is 27.4 Å². The summed E-state index contributed by atoms with van der Waals surface area (Å²) in [7, 11) is 3.27. The van der Waals surface area contributed by atoms with Gasteiger partial charge in [0.25, 0.3) is 0 Å². The first kappa shape index (κ1) is 11.2. The highest BCUT2D eigenvalue weighted by molar-refractivity contribution is 5.41. The third-order valence-corrected chi connectivity index (χ3v) is 2.52. The first-order chi connectivity index (χ1) is 7.85. The van der Waals surface area contributed by atoms with Gasteiger partial charge in [0.15, 0.2) is 6.29 Å². The molecule has 1 aliphatic heterocycles. The molecule has 1 saturated heterocycles. The summed E-state index contributed by atoms with van der Waals surface area (Å²) in [6.45, 7) is 1.43. The first-order valence-electron chi connectivity index (χ1n) is 5.30. The van der Waals surface area contributed by atoms with E-state index in [0.717, 1.165) is 23.5 Å². The van der Waals surface area contributed by atoms with Gasteiger partial charge in [0.1, 0.15) is 11.5 Å². The van der Waals surface area contributed by atoms with E-state index in [1.54, 1.807) is 14.2 Å². The van der Waals surface area contributed by atoms with Gasteiger partial charge in [0.2, 0.25) is 0 Å². The topological polar surface area (TPSA) is 36.9 Å². The normalized spacial score (nSPS) is 17.1. The van der Waals surface area contributed by atoms with Gasteiger partial charge in [-0.3, -0.25) is 0 Å². The Hall–Kier alpha value is -1.26. The summed E-state index contributed by atoms with van der Waals surface area (Å²) in [5.74, 6) is 1.53. The van der Waals surface area contributed by atoms with Crippen molar-refractivity contribution in [1.29, 1.82) is 0 Å². The highest BCUT2D eigenvalue weighted by atomic mass is 16.7. The third-order valence-electron chi connectivity index (χ3n) is 2.52. The Morgan fingerprint density at radius 2 is 1.88 bits per heavy atom. The van der Waals surface area contributed by atoms with Crippen LogP contribution in [-0.2, 0) is 9.47 Å². The predicted octanol–water partition coefficient (Wildman–Crippen LogP) is 2.14. The van der Waals surface area contributed by atoms with E-state index in [9.17, 15) is 0 Å². The maximum atomic E-state index is 5.55. The molecule has 2 rings (SSSR count). The molecule has 0 saturated carbocycles. The summed E-state index contributed by atoms with van der Waals surface area (Å²) in [5.41, 5.74) is 0.876. The monoisotopic (exact) mass is 224 g/mol. The molecule has 1 aromatic rings. The molecule has 0 N–H and O–H groups in total. The standard InChI is InChI=1S/C12H16O4/c1-13-9-4-5-11(14-2)10(8-9)12-15-6-3-7-16-12/h4-5,8,12H,3,6-7H2,1-2H3. The summed E-state index contributed by atoms with van der Waals surface area (Å²) in [6.07, 6.45) is 0.585.